The van der Waals surface area contributed by atoms with Gasteiger partial charge in [-0.3, -0.25) is 29.9 Å². The lowest BCUT2D eigenvalue weighted by Crippen LogP contribution is -2.75. The molecule has 0 aliphatic carbocycles. The Bertz CT molecular complexity index is 1400. The second-order valence-electron chi connectivity index (χ2n) is 12.5. The van der Waals surface area contributed by atoms with Crippen LogP contribution in [0.5, 0.6) is 0 Å². The first-order valence-corrected chi connectivity index (χ1v) is 15.7. The van der Waals surface area contributed by atoms with Crippen molar-refractivity contribution < 1.29 is 34.6 Å². The van der Waals surface area contributed by atoms with Crippen LogP contribution in [0.25, 0.3) is 0 Å². The van der Waals surface area contributed by atoms with Gasteiger partial charge in [0.25, 0.3) is 10.8 Å². The summed E-state index contributed by atoms with van der Waals surface area (Å²) in [5, 5.41) is 47.1. The van der Waals surface area contributed by atoms with Gasteiger partial charge in [0.1, 0.15) is 5.41 Å². The number of rotatable bonds is 15. The highest BCUT2D eigenvalue weighted by molar-refractivity contribution is 5.84. The molecule has 2 fully saturated rings. The molecule has 2 saturated heterocycles. The summed E-state index contributed by atoms with van der Waals surface area (Å²) in [7, 11) is 0. The summed E-state index contributed by atoms with van der Waals surface area (Å²) in [6.07, 6.45) is 1.88. The maximum atomic E-state index is 13.8. The highest BCUT2D eigenvalue weighted by Crippen LogP contribution is 2.61. The van der Waals surface area contributed by atoms with Gasteiger partial charge in [0, 0.05) is 37.2 Å². The molecule has 0 spiro atoms. The molecule has 0 aromatic heterocycles. The Morgan fingerprint density at radius 2 is 1.76 bits per heavy atom. The number of hydrogen-bond donors (Lipinski definition) is 4. The standard InChI is InChI=1S/C32H43N5O9/c1-22-31(29(38)39,16-7-2-3-8-18-46-37(44)45)27(24-13-9-15-26(19-24)36(42)43)32(30(40)41,28(33)34-22)25-14-10-17-35(21-25)20-23-11-5-4-6-12-23/h4-6,9,11-13,15,19,22,25,27-28,34H,2-3,7-8,10,14,16-18,20-21,33H2,1H3,(H,38,39)(H,40,41). The van der Waals surface area contributed by atoms with E-state index in [0.717, 1.165) is 12.1 Å². The van der Waals surface area contributed by atoms with Crippen molar-refractivity contribution in [3.8, 4) is 0 Å². The van der Waals surface area contributed by atoms with Crippen LogP contribution in [0.4, 0.5) is 5.69 Å². The first-order valence-electron chi connectivity index (χ1n) is 15.7. The number of aliphatic carboxylic acids is 2. The molecule has 46 heavy (non-hydrogen) atoms. The predicted molar refractivity (Wildman–Crippen MR) is 167 cm³/mol. The van der Waals surface area contributed by atoms with Gasteiger partial charge in [-0.05, 0) is 56.2 Å². The third-order valence-corrected chi connectivity index (χ3v) is 10.0. The van der Waals surface area contributed by atoms with Crippen molar-refractivity contribution in [3.05, 3.63) is 86.0 Å². The van der Waals surface area contributed by atoms with Crippen LogP contribution in [0, 0.1) is 37.0 Å². The van der Waals surface area contributed by atoms with Gasteiger partial charge in [0.2, 0.25) is 0 Å². The number of carboxylic acids is 2. The third-order valence-electron chi connectivity index (χ3n) is 10.0. The van der Waals surface area contributed by atoms with Gasteiger partial charge in [0.05, 0.1) is 23.1 Å². The number of nitrogens with zero attached hydrogens (tertiary/aromatic N) is 3. The molecule has 2 heterocycles. The number of benzene rings is 2. The molecular weight excluding hydrogens is 598 g/mol. The zero-order chi connectivity index (χ0) is 33.5. The molecule has 14 nitrogen and oxygen atoms in total. The summed E-state index contributed by atoms with van der Waals surface area (Å²) < 4.78 is 0. The average molecular weight is 642 g/mol. The van der Waals surface area contributed by atoms with Crippen LogP contribution in [0.3, 0.4) is 0 Å². The summed E-state index contributed by atoms with van der Waals surface area (Å²) in [4.78, 5) is 55.8. The van der Waals surface area contributed by atoms with Crippen molar-refractivity contribution in [3.63, 3.8) is 0 Å². The fourth-order valence-electron chi connectivity index (χ4n) is 7.94. The van der Waals surface area contributed by atoms with Crippen LogP contribution in [-0.2, 0) is 21.0 Å². The summed E-state index contributed by atoms with van der Waals surface area (Å²) in [6, 6.07) is 14.6. The maximum absolute atomic E-state index is 13.8. The van der Waals surface area contributed by atoms with Gasteiger partial charge < -0.3 is 20.8 Å². The molecule has 14 heteroatoms. The lowest BCUT2D eigenvalue weighted by molar-refractivity contribution is -0.757. The number of nitrogens with one attached hydrogen (secondary N) is 1. The third kappa shape index (κ3) is 6.98. The Labute approximate surface area is 267 Å². The molecule has 0 radical (unpaired) electrons. The van der Waals surface area contributed by atoms with Crippen molar-refractivity contribution in [2.75, 3.05) is 19.7 Å². The van der Waals surface area contributed by atoms with Crippen LogP contribution in [0.2, 0.25) is 0 Å². The van der Waals surface area contributed by atoms with E-state index in [4.69, 9.17) is 5.73 Å². The minimum atomic E-state index is -1.84. The number of likely N-dealkylation sites (tertiary alicyclic amines) is 1. The lowest BCUT2D eigenvalue weighted by atomic mass is 9.47. The van der Waals surface area contributed by atoms with Gasteiger partial charge >= 0.3 is 11.9 Å². The van der Waals surface area contributed by atoms with Gasteiger partial charge in [-0.15, -0.1) is 10.1 Å². The Morgan fingerprint density at radius 3 is 2.41 bits per heavy atom. The van der Waals surface area contributed by atoms with Crippen LogP contribution >= 0.6 is 0 Å². The molecule has 2 aliphatic rings. The number of nitro groups is 1. The van der Waals surface area contributed by atoms with Crippen molar-refractivity contribution in [2.45, 2.75) is 76.5 Å². The van der Waals surface area contributed by atoms with Crippen LogP contribution in [0.15, 0.2) is 54.6 Å². The second kappa shape index (κ2) is 15.0. The Hall–Kier alpha value is -4.14. The van der Waals surface area contributed by atoms with Crippen molar-refractivity contribution >= 4 is 17.6 Å². The number of nitro benzene ring substituents is 1. The molecule has 6 unspecified atom stereocenters. The number of non-ortho nitro benzene ring substituents is 1. The average Bonchev–Trinajstić information content (AvgIpc) is 3.01. The van der Waals surface area contributed by atoms with E-state index in [0.29, 0.717) is 51.6 Å². The molecule has 250 valence electrons. The number of nitrogens with two attached hydrogens (primary N) is 1. The Kier molecular flexibility index (Phi) is 11.3. The highest BCUT2D eigenvalue weighted by Gasteiger charge is 2.69. The van der Waals surface area contributed by atoms with E-state index < -0.39 is 56.8 Å². The number of carboxylic acid groups (broad SMARTS) is 2. The molecule has 2 aromatic carbocycles. The van der Waals surface area contributed by atoms with E-state index in [1.165, 1.54) is 18.2 Å². The van der Waals surface area contributed by atoms with Gasteiger partial charge in [-0.2, -0.15) is 0 Å². The van der Waals surface area contributed by atoms with Gasteiger partial charge in [-0.1, -0.05) is 61.7 Å². The first kappa shape index (κ1) is 34.7. The number of unbranched alkanes of at least 4 members (excludes halogenated alkanes) is 3. The monoisotopic (exact) mass is 641 g/mol. The summed E-state index contributed by atoms with van der Waals surface area (Å²) >= 11 is 0. The number of hydrogen-bond acceptors (Lipinski definition) is 10. The molecule has 5 N–H and O–H groups in total. The molecule has 2 aromatic rings. The SMILES string of the molecule is CC1NC(N)C(C(=O)O)(C2CCCN(Cc3ccccc3)C2)C(c2cccc([N+](=O)[O-])c2)C1(CCCCCCO[N+](=O)[O-])C(=O)O. The lowest BCUT2D eigenvalue weighted by Gasteiger charge is -2.60. The molecule has 0 saturated carbocycles. The minimum absolute atomic E-state index is 0.0577. The van der Waals surface area contributed by atoms with Crippen molar-refractivity contribution in [2.24, 2.45) is 22.5 Å². The maximum Gasteiger partial charge on any atom is 0.313 e. The van der Waals surface area contributed by atoms with Gasteiger partial charge in [0.15, 0.2) is 0 Å². The fraction of sp³-hybridized carbons (Fsp3) is 0.562. The zero-order valence-corrected chi connectivity index (χ0v) is 26.0. The van der Waals surface area contributed by atoms with E-state index in [1.54, 1.807) is 13.0 Å². The number of carbonyl (C=O) groups is 2. The molecule has 4 rings (SSSR count). The van der Waals surface area contributed by atoms with E-state index in [-0.39, 0.29) is 24.3 Å². The molecule has 0 bridgehead atoms. The van der Waals surface area contributed by atoms with E-state index in [2.05, 4.69) is 15.1 Å². The fourth-order valence-corrected chi connectivity index (χ4v) is 7.94. The first-order chi connectivity index (χ1) is 21.9. The molecular formula is C32H43N5O9. The molecule has 0 amide bonds. The van der Waals surface area contributed by atoms with E-state index >= 15 is 0 Å². The highest BCUT2D eigenvalue weighted by atomic mass is 16.9. The van der Waals surface area contributed by atoms with Crippen molar-refractivity contribution in [1.29, 1.82) is 0 Å². The van der Waals surface area contributed by atoms with Crippen LogP contribution < -0.4 is 11.1 Å². The van der Waals surface area contributed by atoms with Crippen LogP contribution in [-0.4, -0.2) is 69.0 Å². The van der Waals surface area contributed by atoms with Crippen molar-refractivity contribution in [1.82, 2.24) is 10.2 Å². The quantitative estimate of drug-likeness (QED) is 0.123. The minimum Gasteiger partial charge on any atom is -0.481 e. The smallest absolute Gasteiger partial charge is 0.313 e. The van der Waals surface area contributed by atoms with Gasteiger partial charge in [-0.25, -0.2) is 0 Å². The van der Waals surface area contributed by atoms with E-state index in [9.17, 15) is 40.0 Å². The largest absolute Gasteiger partial charge is 0.481 e. The summed E-state index contributed by atoms with van der Waals surface area (Å²) in [5.74, 6) is -4.26. The Morgan fingerprint density at radius 1 is 1.04 bits per heavy atom. The second-order valence-corrected chi connectivity index (χ2v) is 12.5. The molecule has 6 atom stereocenters. The van der Waals surface area contributed by atoms with Crippen LogP contribution in [0.1, 0.15) is 68.9 Å². The summed E-state index contributed by atoms with van der Waals surface area (Å²) in [6.45, 7) is 3.26. The Balaban J connectivity index is 1.80. The van der Waals surface area contributed by atoms with E-state index in [1.807, 2.05) is 30.3 Å². The molecule has 2 aliphatic heterocycles. The zero-order valence-electron chi connectivity index (χ0n) is 26.0. The topological polar surface area (TPSA) is 211 Å². The number of piperidine rings is 2. The normalized spacial score (nSPS) is 28.3. The summed E-state index contributed by atoms with van der Waals surface area (Å²) in [5.41, 5.74) is 4.31. The predicted octanol–water partition coefficient (Wildman–Crippen LogP) is 4.17.